The molecule has 1 aromatic carbocycles. The highest BCUT2D eigenvalue weighted by atomic mass is 15.1. The average molecular weight is 383 g/mol. The number of benzene rings is 1. The van der Waals surface area contributed by atoms with Crippen LogP contribution in [-0.2, 0) is 13.0 Å². The second-order valence-corrected chi connectivity index (χ2v) is 6.63. The van der Waals surface area contributed by atoms with Crippen molar-refractivity contribution in [3.8, 4) is 6.07 Å². The van der Waals surface area contributed by atoms with Crippen LogP contribution in [0.25, 0.3) is 11.0 Å². The molecule has 7 heteroatoms. The molecule has 0 aliphatic carbocycles. The molecule has 0 bridgehead atoms. The number of anilines is 1. The van der Waals surface area contributed by atoms with Gasteiger partial charge in [0.25, 0.3) is 0 Å². The summed E-state index contributed by atoms with van der Waals surface area (Å²) in [4.78, 5) is 17.5. The van der Waals surface area contributed by atoms with E-state index in [0.29, 0.717) is 23.9 Å². The SMILES string of the molecule is CCn1c(C(C#N)c2cc(NCCc3cccnc3)ncn2)nc2ccccc21. The third-order valence-corrected chi connectivity index (χ3v) is 4.81. The molecule has 3 heterocycles. The molecule has 7 nitrogen and oxygen atoms in total. The molecule has 144 valence electrons. The molecule has 0 saturated carbocycles. The summed E-state index contributed by atoms with van der Waals surface area (Å²) in [6, 6.07) is 16.1. The van der Waals surface area contributed by atoms with Crippen molar-refractivity contribution >= 4 is 16.9 Å². The van der Waals surface area contributed by atoms with E-state index in [1.807, 2.05) is 48.7 Å². The van der Waals surface area contributed by atoms with Crippen molar-refractivity contribution in [2.45, 2.75) is 25.8 Å². The molecule has 0 radical (unpaired) electrons. The molecule has 0 spiro atoms. The maximum atomic E-state index is 9.90. The Morgan fingerprint density at radius 1 is 1.17 bits per heavy atom. The van der Waals surface area contributed by atoms with Crippen LogP contribution < -0.4 is 5.32 Å². The molecule has 0 aliphatic rings. The number of nitrogens with zero attached hydrogens (tertiary/aromatic N) is 6. The largest absolute Gasteiger partial charge is 0.370 e. The Morgan fingerprint density at radius 2 is 2.07 bits per heavy atom. The minimum Gasteiger partial charge on any atom is -0.370 e. The van der Waals surface area contributed by atoms with E-state index in [1.165, 1.54) is 6.33 Å². The third-order valence-electron chi connectivity index (χ3n) is 4.81. The number of rotatable bonds is 7. The van der Waals surface area contributed by atoms with Gasteiger partial charge in [0.2, 0.25) is 0 Å². The Kier molecular flexibility index (Phi) is 5.43. The topological polar surface area (TPSA) is 92.3 Å². The molecule has 0 saturated heterocycles. The van der Waals surface area contributed by atoms with Crippen LogP contribution in [0, 0.1) is 11.3 Å². The van der Waals surface area contributed by atoms with Gasteiger partial charge in [-0.15, -0.1) is 0 Å². The van der Waals surface area contributed by atoms with E-state index in [0.717, 1.165) is 29.6 Å². The molecule has 1 unspecified atom stereocenters. The Morgan fingerprint density at radius 3 is 2.86 bits per heavy atom. The van der Waals surface area contributed by atoms with Crippen LogP contribution in [0.4, 0.5) is 5.82 Å². The fraction of sp³-hybridized carbons (Fsp3) is 0.227. The van der Waals surface area contributed by atoms with E-state index in [4.69, 9.17) is 4.98 Å². The first-order valence-electron chi connectivity index (χ1n) is 9.59. The summed E-state index contributed by atoms with van der Waals surface area (Å²) < 4.78 is 2.07. The lowest BCUT2D eigenvalue weighted by Gasteiger charge is -2.12. The lowest BCUT2D eigenvalue weighted by molar-refractivity contribution is 0.704. The van der Waals surface area contributed by atoms with Gasteiger partial charge in [0, 0.05) is 31.5 Å². The van der Waals surface area contributed by atoms with Gasteiger partial charge < -0.3 is 9.88 Å². The van der Waals surface area contributed by atoms with Crippen molar-refractivity contribution in [1.29, 1.82) is 5.26 Å². The van der Waals surface area contributed by atoms with Gasteiger partial charge >= 0.3 is 0 Å². The van der Waals surface area contributed by atoms with E-state index in [9.17, 15) is 5.26 Å². The Balaban J connectivity index is 1.57. The standard InChI is InChI=1S/C22H21N7/c1-2-29-20-8-4-3-7-18(20)28-22(29)17(13-23)19-12-21(27-15-26-19)25-11-9-16-6-5-10-24-14-16/h3-8,10,12,14-15,17H,2,9,11H2,1H3,(H,25,26,27). The van der Waals surface area contributed by atoms with Crippen molar-refractivity contribution in [2.75, 3.05) is 11.9 Å². The first-order chi connectivity index (χ1) is 14.3. The number of hydrogen-bond donors (Lipinski definition) is 1. The molecule has 1 atom stereocenters. The zero-order chi connectivity index (χ0) is 20.1. The summed E-state index contributed by atoms with van der Waals surface area (Å²) >= 11 is 0. The van der Waals surface area contributed by atoms with E-state index in [2.05, 4.69) is 37.8 Å². The molecule has 1 N–H and O–H groups in total. The fourth-order valence-corrected chi connectivity index (χ4v) is 3.41. The fourth-order valence-electron chi connectivity index (χ4n) is 3.41. The molecule has 3 aromatic heterocycles. The summed E-state index contributed by atoms with van der Waals surface area (Å²) in [5, 5.41) is 13.2. The average Bonchev–Trinajstić information content (AvgIpc) is 3.13. The summed E-state index contributed by atoms with van der Waals surface area (Å²) in [6.07, 6.45) is 5.94. The first kappa shape index (κ1) is 18.6. The maximum Gasteiger partial charge on any atom is 0.146 e. The summed E-state index contributed by atoms with van der Waals surface area (Å²) in [7, 11) is 0. The number of hydrogen-bond acceptors (Lipinski definition) is 6. The zero-order valence-corrected chi connectivity index (χ0v) is 16.2. The van der Waals surface area contributed by atoms with Gasteiger partial charge in [-0.1, -0.05) is 18.2 Å². The Hall–Kier alpha value is -3.79. The monoisotopic (exact) mass is 383 g/mol. The minimum absolute atomic E-state index is 0.566. The maximum absolute atomic E-state index is 9.90. The third kappa shape index (κ3) is 3.92. The lowest BCUT2D eigenvalue weighted by atomic mass is 10.1. The summed E-state index contributed by atoms with van der Waals surface area (Å²) in [5.74, 6) is 0.832. The Labute approximate surface area is 169 Å². The van der Waals surface area contributed by atoms with Gasteiger partial charge in [-0.2, -0.15) is 5.26 Å². The number of imidazole rings is 1. The molecular weight excluding hydrogens is 362 g/mol. The molecule has 0 amide bonds. The second kappa shape index (κ2) is 8.48. The second-order valence-electron chi connectivity index (χ2n) is 6.63. The van der Waals surface area contributed by atoms with E-state index >= 15 is 0 Å². The normalized spacial score (nSPS) is 11.9. The quantitative estimate of drug-likeness (QED) is 0.525. The van der Waals surface area contributed by atoms with E-state index in [1.54, 1.807) is 6.20 Å². The number of nitrogens with one attached hydrogen (secondary N) is 1. The van der Waals surface area contributed by atoms with Gasteiger partial charge in [0.1, 0.15) is 23.9 Å². The van der Waals surface area contributed by atoms with Crippen LogP contribution in [0.15, 0.2) is 61.2 Å². The van der Waals surface area contributed by atoms with E-state index in [-0.39, 0.29) is 0 Å². The van der Waals surface area contributed by atoms with Crippen LogP contribution in [0.2, 0.25) is 0 Å². The highest BCUT2D eigenvalue weighted by molar-refractivity contribution is 5.76. The van der Waals surface area contributed by atoms with Crippen molar-refractivity contribution < 1.29 is 0 Å². The van der Waals surface area contributed by atoms with Gasteiger partial charge in [-0.05, 0) is 37.1 Å². The minimum atomic E-state index is -0.566. The molecule has 29 heavy (non-hydrogen) atoms. The van der Waals surface area contributed by atoms with Crippen molar-refractivity contribution in [3.05, 3.63) is 78.3 Å². The van der Waals surface area contributed by atoms with Crippen LogP contribution >= 0.6 is 0 Å². The predicted molar refractivity (Wildman–Crippen MR) is 111 cm³/mol. The highest BCUT2D eigenvalue weighted by Crippen LogP contribution is 2.27. The van der Waals surface area contributed by atoms with Crippen molar-refractivity contribution in [2.24, 2.45) is 0 Å². The van der Waals surface area contributed by atoms with Gasteiger partial charge in [0.05, 0.1) is 22.8 Å². The van der Waals surface area contributed by atoms with Crippen molar-refractivity contribution in [3.63, 3.8) is 0 Å². The highest BCUT2D eigenvalue weighted by Gasteiger charge is 2.23. The molecule has 4 rings (SSSR count). The zero-order valence-electron chi connectivity index (χ0n) is 16.2. The predicted octanol–water partition coefficient (Wildman–Crippen LogP) is 3.55. The number of para-hydroxylation sites is 2. The van der Waals surface area contributed by atoms with Crippen LogP contribution in [0.1, 0.15) is 29.9 Å². The first-order valence-corrected chi connectivity index (χ1v) is 9.59. The number of aryl methyl sites for hydroxylation is 1. The summed E-state index contributed by atoms with van der Waals surface area (Å²) in [6.45, 7) is 3.50. The molecular formula is C22H21N7. The lowest BCUT2D eigenvalue weighted by Crippen LogP contribution is -2.12. The Bertz CT molecular complexity index is 1140. The van der Waals surface area contributed by atoms with Gasteiger partial charge in [-0.25, -0.2) is 15.0 Å². The number of aromatic nitrogens is 5. The molecule has 0 fully saturated rings. The smallest absolute Gasteiger partial charge is 0.146 e. The van der Waals surface area contributed by atoms with Gasteiger partial charge in [-0.3, -0.25) is 4.98 Å². The molecule has 0 aliphatic heterocycles. The van der Waals surface area contributed by atoms with Crippen LogP contribution in [0.3, 0.4) is 0 Å². The number of fused-ring (bicyclic) bond motifs is 1. The van der Waals surface area contributed by atoms with Crippen molar-refractivity contribution in [1.82, 2.24) is 24.5 Å². The van der Waals surface area contributed by atoms with Crippen LogP contribution in [0.5, 0.6) is 0 Å². The van der Waals surface area contributed by atoms with Gasteiger partial charge in [0.15, 0.2) is 0 Å². The molecule has 4 aromatic rings. The van der Waals surface area contributed by atoms with E-state index < -0.39 is 5.92 Å². The number of nitriles is 1. The van der Waals surface area contributed by atoms with Crippen LogP contribution in [-0.4, -0.2) is 31.0 Å². The summed E-state index contributed by atoms with van der Waals surface area (Å²) in [5.41, 5.74) is 3.69. The number of pyridine rings is 1.